The van der Waals surface area contributed by atoms with Crippen molar-refractivity contribution in [3.63, 3.8) is 0 Å². The lowest BCUT2D eigenvalue weighted by molar-refractivity contribution is -0.149. The van der Waals surface area contributed by atoms with Gasteiger partial charge >= 0.3 is 0 Å². The summed E-state index contributed by atoms with van der Waals surface area (Å²) < 4.78 is 19.3. The molecule has 2 heterocycles. The number of fused-ring (bicyclic) bond motifs is 1. The van der Waals surface area contributed by atoms with E-state index in [4.69, 9.17) is 10.5 Å². The second-order valence-corrected chi connectivity index (χ2v) is 8.21. The molecule has 0 radical (unpaired) electrons. The Bertz CT molecular complexity index is 945. The maximum absolute atomic E-state index is 14.0. The van der Waals surface area contributed by atoms with E-state index in [1.54, 1.807) is 28.0 Å². The summed E-state index contributed by atoms with van der Waals surface area (Å²) in [4.78, 5) is 30.0. The zero-order valence-corrected chi connectivity index (χ0v) is 17.5. The fraction of sp³-hybridized carbons (Fsp3) is 0.417. The van der Waals surface area contributed by atoms with Gasteiger partial charge in [0.05, 0.1) is 13.2 Å². The molecular formula is C24H28FN3O3. The van der Waals surface area contributed by atoms with E-state index in [-0.39, 0.29) is 30.5 Å². The first kappa shape index (κ1) is 21.5. The van der Waals surface area contributed by atoms with Gasteiger partial charge in [-0.2, -0.15) is 0 Å². The molecule has 2 atom stereocenters. The van der Waals surface area contributed by atoms with Crippen LogP contribution in [0.3, 0.4) is 0 Å². The average Bonchev–Trinajstić information content (AvgIpc) is 2.79. The van der Waals surface area contributed by atoms with Crippen LogP contribution >= 0.6 is 0 Å². The third-order valence-electron chi connectivity index (χ3n) is 6.05. The highest BCUT2D eigenvalue weighted by Gasteiger charge is 2.37. The van der Waals surface area contributed by atoms with Crippen LogP contribution in [0, 0.1) is 5.82 Å². The van der Waals surface area contributed by atoms with Gasteiger partial charge in [-0.05, 0) is 29.2 Å². The lowest BCUT2D eigenvalue weighted by atomic mass is 9.92. The van der Waals surface area contributed by atoms with Crippen molar-refractivity contribution in [2.45, 2.75) is 37.9 Å². The number of nitrogens with two attached hydrogens (primary N) is 1. The number of halogens is 1. The summed E-state index contributed by atoms with van der Waals surface area (Å²) >= 11 is 0. The van der Waals surface area contributed by atoms with Crippen molar-refractivity contribution in [1.29, 1.82) is 0 Å². The van der Waals surface area contributed by atoms with Crippen molar-refractivity contribution >= 4 is 11.8 Å². The minimum atomic E-state index is -0.554. The molecule has 1 fully saturated rings. The van der Waals surface area contributed by atoms with Crippen LogP contribution < -0.4 is 5.73 Å². The van der Waals surface area contributed by atoms with E-state index >= 15 is 0 Å². The fourth-order valence-corrected chi connectivity index (χ4v) is 4.36. The Hall–Kier alpha value is -2.77. The molecule has 164 valence electrons. The molecule has 2 aliphatic heterocycles. The highest BCUT2D eigenvalue weighted by Crippen LogP contribution is 2.26. The molecule has 0 spiro atoms. The van der Waals surface area contributed by atoms with Gasteiger partial charge in [-0.15, -0.1) is 0 Å². The van der Waals surface area contributed by atoms with Crippen LogP contribution in [-0.2, 0) is 33.7 Å². The van der Waals surface area contributed by atoms with Gasteiger partial charge in [-0.3, -0.25) is 9.59 Å². The van der Waals surface area contributed by atoms with Crippen LogP contribution in [0.25, 0.3) is 0 Å². The van der Waals surface area contributed by atoms with Gasteiger partial charge in [0.15, 0.2) is 0 Å². The Kier molecular flexibility index (Phi) is 6.63. The van der Waals surface area contributed by atoms with E-state index in [1.807, 2.05) is 24.3 Å². The van der Waals surface area contributed by atoms with Crippen LogP contribution in [0.1, 0.15) is 23.1 Å². The van der Waals surface area contributed by atoms with Crippen LogP contribution in [0.2, 0.25) is 0 Å². The standard InChI is InChI=1S/C24H28FN3O3/c25-21-8-4-3-6-18(21)13-20(26)15-23(29)28-16-19-7-2-1-5-17(19)14-22(28)24(30)27-9-11-31-12-10-27/h1-8,20,22H,9-16,26H2/t20?,22-/m0/s1. The number of hydrogen-bond donors (Lipinski definition) is 1. The van der Waals surface area contributed by atoms with Crippen molar-refractivity contribution in [1.82, 2.24) is 9.80 Å². The Labute approximate surface area is 181 Å². The summed E-state index contributed by atoms with van der Waals surface area (Å²) in [5.74, 6) is -0.545. The van der Waals surface area contributed by atoms with Crippen molar-refractivity contribution in [3.05, 3.63) is 71.0 Å². The van der Waals surface area contributed by atoms with E-state index in [9.17, 15) is 14.0 Å². The molecule has 2 N–H and O–H groups in total. The van der Waals surface area contributed by atoms with E-state index < -0.39 is 12.1 Å². The van der Waals surface area contributed by atoms with Crippen molar-refractivity contribution < 1.29 is 18.7 Å². The number of hydrogen-bond acceptors (Lipinski definition) is 4. The highest BCUT2D eigenvalue weighted by atomic mass is 19.1. The minimum absolute atomic E-state index is 0.0474. The minimum Gasteiger partial charge on any atom is -0.378 e. The summed E-state index contributed by atoms with van der Waals surface area (Å²) in [7, 11) is 0. The van der Waals surface area contributed by atoms with E-state index in [1.165, 1.54) is 6.07 Å². The molecule has 0 aliphatic carbocycles. The fourth-order valence-electron chi connectivity index (χ4n) is 4.36. The number of carbonyl (C=O) groups is 2. The van der Waals surface area contributed by atoms with E-state index in [2.05, 4.69) is 0 Å². The van der Waals surface area contributed by atoms with Crippen LogP contribution in [-0.4, -0.2) is 60.0 Å². The quantitative estimate of drug-likeness (QED) is 0.794. The molecule has 7 heteroatoms. The third kappa shape index (κ3) is 4.94. The molecule has 0 aromatic heterocycles. The number of ether oxygens (including phenoxy) is 1. The normalized spacial score (nSPS) is 19.6. The average molecular weight is 426 g/mol. The van der Waals surface area contributed by atoms with E-state index in [0.29, 0.717) is 44.8 Å². The molecule has 1 unspecified atom stereocenters. The molecule has 2 amide bonds. The molecule has 0 saturated carbocycles. The number of nitrogens with zero attached hydrogens (tertiary/aromatic N) is 2. The van der Waals surface area contributed by atoms with Crippen molar-refractivity contribution in [2.75, 3.05) is 26.3 Å². The lowest BCUT2D eigenvalue weighted by Gasteiger charge is -2.40. The molecule has 2 aromatic carbocycles. The van der Waals surface area contributed by atoms with Crippen LogP contribution in [0.5, 0.6) is 0 Å². The third-order valence-corrected chi connectivity index (χ3v) is 6.05. The maximum Gasteiger partial charge on any atom is 0.245 e. The summed E-state index contributed by atoms with van der Waals surface area (Å²) in [6.07, 6.45) is 0.814. The molecular weight excluding hydrogens is 397 g/mol. The predicted molar refractivity (Wildman–Crippen MR) is 115 cm³/mol. The van der Waals surface area contributed by atoms with E-state index in [0.717, 1.165) is 11.1 Å². The largest absolute Gasteiger partial charge is 0.378 e. The first-order valence-electron chi connectivity index (χ1n) is 10.7. The van der Waals surface area contributed by atoms with Gasteiger partial charge in [0.25, 0.3) is 0 Å². The monoisotopic (exact) mass is 425 g/mol. The lowest BCUT2D eigenvalue weighted by Crippen LogP contribution is -2.56. The summed E-state index contributed by atoms with van der Waals surface area (Å²) in [5, 5.41) is 0. The smallest absolute Gasteiger partial charge is 0.245 e. The number of benzene rings is 2. The Morgan fingerprint density at radius 1 is 1.06 bits per heavy atom. The number of morpholine rings is 1. The molecule has 31 heavy (non-hydrogen) atoms. The molecule has 6 nitrogen and oxygen atoms in total. The van der Waals surface area contributed by atoms with Gasteiger partial charge in [0.1, 0.15) is 11.9 Å². The SMILES string of the molecule is NC(CC(=O)N1Cc2ccccc2C[C@H]1C(=O)N1CCOCC1)Cc1ccccc1F. The highest BCUT2D eigenvalue weighted by molar-refractivity contribution is 5.89. The predicted octanol–water partition coefficient (Wildman–Crippen LogP) is 1.90. The van der Waals surface area contributed by atoms with Gasteiger partial charge < -0.3 is 20.3 Å². The van der Waals surface area contributed by atoms with Gasteiger partial charge in [-0.25, -0.2) is 4.39 Å². The zero-order valence-electron chi connectivity index (χ0n) is 17.5. The van der Waals surface area contributed by atoms with Crippen LogP contribution in [0.15, 0.2) is 48.5 Å². The zero-order chi connectivity index (χ0) is 21.8. The first-order chi connectivity index (χ1) is 15.0. The number of amides is 2. The summed E-state index contributed by atoms with van der Waals surface area (Å²) in [6, 6.07) is 13.3. The summed E-state index contributed by atoms with van der Waals surface area (Å²) in [6.45, 7) is 2.47. The second kappa shape index (κ2) is 9.58. The number of rotatable bonds is 5. The Morgan fingerprint density at radius 3 is 2.48 bits per heavy atom. The Morgan fingerprint density at radius 2 is 1.74 bits per heavy atom. The summed E-state index contributed by atoms with van der Waals surface area (Å²) in [5.41, 5.74) is 8.85. The molecule has 1 saturated heterocycles. The molecule has 0 bridgehead atoms. The molecule has 2 aliphatic rings. The Balaban J connectivity index is 1.50. The van der Waals surface area contributed by atoms with Crippen LogP contribution in [0.4, 0.5) is 4.39 Å². The van der Waals surface area contributed by atoms with Crippen molar-refractivity contribution in [2.24, 2.45) is 5.73 Å². The topological polar surface area (TPSA) is 75.9 Å². The second-order valence-electron chi connectivity index (χ2n) is 8.21. The van der Waals surface area contributed by atoms with Gasteiger partial charge in [0.2, 0.25) is 11.8 Å². The van der Waals surface area contributed by atoms with Crippen molar-refractivity contribution in [3.8, 4) is 0 Å². The molecule has 2 aromatic rings. The maximum atomic E-state index is 14.0. The van der Waals surface area contributed by atoms with Gasteiger partial charge in [-0.1, -0.05) is 42.5 Å². The number of carbonyl (C=O) groups excluding carboxylic acids is 2. The van der Waals surface area contributed by atoms with Gasteiger partial charge in [0, 0.05) is 38.5 Å². The molecule has 4 rings (SSSR count). The first-order valence-corrected chi connectivity index (χ1v) is 10.7.